The van der Waals surface area contributed by atoms with Crippen molar-refractivity contribution in [3.63, 3.8) is 0 Å². The van der Waals surface area contributed by atoms with Crippen molar-refractivity contribution in [2.75, 3.05) is 12.1 Å². The predicted octanol–water partition coefficient (Wildman–Crippen LogP) is 4.74. The molecule has 1 aliphatic rings. The van der Waals surface area contributed by atoms with Crippen LogP contribution in [-0.2, 0) is 6.54 Å². The molecule has 0 atom stereocenters. The minimum atomic E-state index is -0.344. The Bertz CT molecular complexity index is 960. The van der Waals surface area contributed by atoms with Crippen LogP contribution in [0.1, 0.15) is 11.3 Å². The molecule has 0 spiro atoms. The molecule has 25 heavy (non-hydrogen) atoms. The van der Waals surface area contributed by atoms with Gasteiger partial charge in [-0.3, -0.25) is 15.0 Å². The first-order chi connectivity index (χ1) is 12.0. The van der Waals surface area contributed by atoms with Gasteiger partial charge in [0.2, 0.25) is 0 Å². The van der Waals surface area contributed by atoms with Crippen molar-refractivity contribution in [2.45, 2.75) is 13.5 Å². The zero-order chi connectivity index (χ0) is 17.6. The van der Waals surface area contributed by atoms with Crippen LogP contribution >= 0.6 is 11.6 Å². The molecule has 0 saturated heterocycles. The van der Waals surface area contributed by atoms with Gasteiger partial charge in [-0.15, -0.1) is 0 Å². The molecule has 0 amide bonds. The van der Waals surface area contributed by atoms with Gasteiger partial charge in [0, 0.05) is 30.0 Å². The largest absolute Gasteiger partial charge is 0.272 e. The fourth-order valence-corrected chi connectivity index (χ4v) is 3.28. The van der Waals surface area contributed by atoms with Gasteiger partial charge in [-0.2, -0.15) is 0 Å². The minimum absolute atomic E-state index is 0.344. The summed E-state index contributed by atoms with van der Waals surface area (Å²) in [7, 11) is 2.00. The summed E-state index contributed by atoms with van der Waals surface area (Å²) in [5.74, 6) is -0.344. The van der Waals surface area contributed by atoms with Gasteiger partial charge in [-0.1, -0.05) is 11.6 Å². The molecule has 0 bridgehead atoms. The van der Waals surface area contributed by atoms with E-state index in [1.807, 2.05) is 32.2 Å². The highest BCUT2D eigenvalue weighted by Crippen LogP contribution is 2.38. The van der Waals surface area contributed by atoms with Crippen LogP contribution in [0, 0.1) is 12.7 Å². The smallest absolute Gasteiger partial charge is 0.132 e. The van der Waals surface area contributed by atoms with E-state index in [1.54, 1.807) is 18.5 Å². The van der Waals surface area contributed by atoms with E-state index in [0.29, 0.717) is 16.3 Å². The van der Waals surface area contributed by atoms with Gasteiger partial charge in [0.25, 0.3) is 0 Å². The summed E-state index contributed by atoms with van der Waals surface area (Å²) in [5.41, 5.74) is 4.91. The lowest BCUT2D eigenvalue weighted by Gasteiger charge is -2.28. The zero-order valence-corrected chi connectivity index (χ0v) is 14.6. The van der Waals surface area contributed by atoms with Crippen LogP contribution in [0.25, 0.3) is 11.3 Å². The van der Waals surface area contributed by atoms with Crippen LogP contribution in [0.15, 0.2) is 48.8 Å². The number of hydrazine groups is 1. The Morgan fingerprint density at radius 1 is 1.12 bits per heavy atom. The highest BCUT2D eigenvalue weighted by Gasteiger charge is 2.28. The highest BCUT2D eigenvalue weighted by molar-refractivity contribution is 6.30. The summed E-state index contributed by atoms with van der Waals surface area (Å²) < 4.78 is 14.2. The summed E-state index contributed by atoms with van der Waals surface area (Å²) in [5, 5.41) is 4.65. The molecule has 2 aromatic heterocycles. The maximum Gasteiger partial charge on any atom is 0.132 e. The van der Waals surface area contributed by atoms with Crippen molar-refractivity contribution in [1.29, 1.82) is 0 Å². The molecule has 1 aromatic carbocycles. The Balaban J connectivity index is 1.85. The van der Waals surface area contributed by atoms with E-state index in [9.17, 15) is 4.39 Å². The summed E-state index contributed by atoms with van der Waals surface area (Å²) in [4.78, 5) is 8.85. The van der Waals surface area contributed by atoms with Crippen molar-refractivity contribution >= 4 is 23.0 Å². The van der Waals surface area contributed by atoms with E-state index >= 15 is 0 Å². The average Bonchev–Trinajstić information content (AvgIpc) is 2.93. The van der Waals surface area contributed by atoms with E-state index in [4.69, 9.17) is 11.6 Å². The van der Waals surface area contributed by atoms with Crippen molar-refractivity contribution in [1.82, 2.24) is 15.0 Å². The normalized spacial score (nSPS) is 14.0. The third-order valence-corrected chi connectivity index (χ3v) is 4.56. The van der Waals surface area contributed by atoms with Crippen molar-refractivity contribution in [2.24, 2.45) is 0 Å². The van der Waals surface area contributed by atoms with Crippen molar-refractivity contribution in [3.8, 4) is 11.3 Å². The SMILES string of the molecule is Cc1cnc(-c2cc(Cl)ccc2F)cc1N1c2cccnc2CN1C. The number of benzene rings is 1. The molecular weight excluding hydrogens is 339 g/mol. The van der Waals surface area contributed by atoms with Gasteiger partial charge < -0.3 is 0 Å². The molecule has 3 heterocycles. The van der Waals surface area contributed by atoms with Crippen LogP contribution in [0.4, 0.5) is 15.8 Å². The second-order valence-corrected chi connectivity index (χ2v) is 6.51. The van der Waals surface area contributed by atoms with E-state index in [2.05, 4.69) is 20.0 Å². The third kappa shape index (κ3) is 2.75. The van der Waals surface area contributed by atoms with Crippen LogP contribution in [0.3, 0.4) is 0 Å². The summed E-state index contributed by atoms with van der Waals surface area (Å²) in [6.07, 6.45) is 3.55. The number of anilines is 2. The summed E-state index contributed by atoms with van der Waals surface area (Å²) >= 11 is 6.03. The van der Waals surface area contributed by atoms with Gasteiger partial charge in [0.05, 0.1) is 29.3 Å². The third-order valence-electron chi connectivity index (χ3n) is 4.32. The first-order valence-electron chi connectivity index (χ1n) is 7.92. The number of hydrogen-bond donors (Lipinski definition) is 0. The second kappa shape index (κ2) is 6.10. The zero-order valence-electron chi connectivity index (χ0n) is 13.9. The summed E-state index contributed by atoms with van der Waals surface area (Å²) in [6.45, 7) is 2.71. The standard InChI is InChI=1S/C19H16ClFN4/c1-12-10-23-16(14-8-13(20)5-6-15(14)21)9-19(12)25-18-4-3-7-22-17(18)11-24(25)2/h3-10H,11H2,1-2H3. The van der Waals surface area contributed by atoms with E-state index in [-0.39, 0.29) is 5.82 Å². The first kappa shape index (κ1) is 16.0. The molecule has 0 saturated carbocycles. The Morgan fingerprint density at radius 2 is 1.96 bits per heavy atom. The lowest BCUT2D eigenvalue weighted by atomic mass is 10.1. The number of fused-ring (bicyclic) bond motifs is 1. The van der Waals surface area contributed by atoms with Crippen LogP contribution in [0.2, 0.25) is 5.02 Å². The molecule has 3 aromatic rings. The number of pyridine rings is 2. The molecule has 0 aliphatic carbocycles. The van der Waals surface area contributed by atoms with Gasteiger partial charge in [0.15, 0.2) is 0 Å². The maximum absolute atomic E-state index is 14.2. The lowest BCUT2D eigenvalue weighted by molar-refractivity contribution is 0.358. The molecule has 126 valence electrons. The highest BCUT2D eigenvalue weighted by atomic mass is 35.5. The average molecular weight is 355 g/mol. The van der Waals surface area contributed by atoms with Crippen LogP contribution in [0.5, 0.6) is 0 Å². The quantitative estimate of drug-likeness (QED) is 0.665. The van der Waals surface area contributed by atoms with E-state index < -0.39 is 0 Å². The van der Waals surface area contributed by atoms with Crippen LogP contribution in [-0.4, -0.2) is 22.0 Å². The predicted molar refractivity (Wildman–Crippen MR) is 97.2 cm³/mol. The fourth-order valence-electron chi connectivity index (χ4n) is 3.11. The molecule has 0 radical (unpaired) electrons. The number of rotatable bonds is 2. The number of hydrogen-bond acceptors (Lipinski definition) is 4. The summed E-state index contributed by atoms with van der Waals surface area (Å²) in [6, 6.07) is 10.3. The molecular formula is C19H16ClFN4. The van der Waals surface area contributed by atoms with Gasteiger partial charge in [0.1, 0.15) is 5.82 Å². The van der Waals surface area contributed by atoms with E-state index in [0.717, 1.165) is 29.2 Å². The Kier molecular flexibility index (Phi) is 3.90. The molecule has 4 rings (SSSR count). The van der Waals surface area contributed by atoms with Crippen molar-refractivity contribution < 1.29 is 4.39 Å². The Hall–Kier alpha value is -2.50. The monoisotopic (exact) mass is 354 g/mol. The second-order valence-electron chi connectivity index (χ2n) is 6.08. The van der Waals surface area contributed by atoms with Gasteiger partial charge in [-0.25, -0.2) is 9.40 Å². The first-order valence-corrected chi connectivity index (χ1v) is 8.29. The van der Waals surface area contributed by atoms with Crippen LogP contribution < -0.4 is 5.01 Å². The van der Waals surface area contributed by atoms with Gasteiger partial charge in [-0.05, 0) is 48.9 Å². The fraction of sp³-hybridized carbons (Fsp3) is 0.158. The minimum Gasteiger partial charge on any atom is -0.272 e. The molecule has 0 unspecified atom stereocenters. The molecule has 0 fully saturated rings. The number of aryl methyl sites for hydroxylation is 1. The molecule has 6 heteroatoms. The maximum atomic E-state index is 14.2. The van der Waals surface area contributed by atoms with Crippen molar-refractivity contribution in [3.05, 3.63) is 70.9 Å². The van der Waals surface area contributed by atoms with Gasteiger partial charge >= 0.3 is 0 Å². The number of halogens is 2. The Morgan fingerprint density at radius 3 is 2.80 bits per heavy atom. The Labute approximate surface area is 150 Å². The molecule has 0 N–H and O–H groups in total. The van der Waals surface area contributed by atoms with E-state index in [1.165, 1.54) is 12.1 Å². The number of aromatic nitrogens is 2. The topological polar surface area (TPSA) is 32.3 Å². The number of nitrogens with zero attached hydrogens (tertiary/aromatic N) is 4. The molecule has 4 nitrogen and oxygen atoms in total. The molecule has 1 aliphatic heterocycles. The lowest BCUT2D eigenvalue weighted by Crippen LogP contribution is -2.30.